The van der Waals surface area contributed by atoms with E-state index < -0.39 is 0 Å². The number of nitrogens with two attached hydrogens (primary N) is 1. The average molecular weight is 292 g/mol. The molecule has 1 fully saturated rings. The van der Waals surface area contributed by atoms with E-state index in [1.807, 2.05) is 36.9 Å². The van der Waals surface area contributed by atoms with Crippen molar-refractivity contribution in [1.29, 1.82) is 0 Å². The van der Waals surface area contributed by atoms with Crippen LogP contribution in [0.4, 0.5) is 11.4 Å². The first kappa shape index (κ1) is 15.2. The van der Waals surface area contributed by atoms with Gasteiger partial charge < -0.3 is 11.1 Å². The monoisotopic (exact) mass is 292 g/mol. The average Bonchev–Trinajstić information content (AvgIpc) is 2.38. The van der Waals surface area contributed by atoms with Gasteiger partial charge in [0, 0.05) is 16.6 Å². The van der Waals surface area contributed by atoms with Crippen LogP contribution < -0.4 is 11.1 Å². The Morgan fingerprint density at radius 3 is 2.95 bits per heavy atom. The van der Waals surface area contributed by atoms with Crippen LogP contribution in [0.1, 0.15) is 39.5 Å². The van der Waals surface area contributed by atoms with Crippen LogP contribution in [0, 0.1) is 5.92 Å². The SMILES string of the molecule is CC1CCCC(SC(C)C(=O)Nc2cccc(N)c2)C1. The first-order chi connectivity index (χ1) is 9.54. The molecule has 0 saturated heterocycles. The summed E-state index contributed by atoms with van der Waals surface area (Å²) in [7, 11) is 0. The summed E-state index contributed by atoms with van der Waals surface area (Å²) in [6, 6.07) is 7.33. The standard InChI is InChI=1S/C16H24N2OS/c1-11-5-3-8-15(9-11)20-12(2)16(19)18-14-7-4-6-13(17)10-14/h4,6-7,10-12,15H,3,5,8-9,17H2,1-2H3,(H,18,19). The van der Waals surface area contributed by atoms with E-state index in [1.165, 1.54) is 25.7 Å². The molecule has 0 spiro atoms. The molecule has 3 atom stereocenters. The summed E-state index contributed by atoms with van der Waals surface area (Å²) in [6.07, 6.45) is 5.11. The number of nitrogens with one attached hydrogen (secondary N) is 1. The number of carbonyl (C=O) groups excluding carboxylic acids is 1. The third-order valence-corrected chi connectivity index (χ3v) is 5.24. The van der Waals surface area contributed by atoms with E-state index in [9.17, 15) is 4.79 Å². The highest BCUT2D eigenvalue weighted by atomic mass is 32.2. The largest absolute Gasteiger partial charge is 0.399 e. The molecule has 0 bridgehead atoms. The summed E-state index contributed by atoms with van der Waals surface area (Å²) in [5.74, 6) is 0.865. The zero-order chi connectivity index (χ0) is 14.5. The lowest BCUT2D eigenvalue weighted by atomic mass is 9.91. The van der Waals surface area contributed by atoms with E-state index in [-0.39, 0.29) is 11.2 Å². The van der Waals surface area contributed by atoms with Crippen LogP contribution in [0.3, 0.4) is 0 Å². The lowest BCUT2D eigenvalue weighted by molar-refractivity contribution is -0.115. The molecule has 3 unspecified atom stereocenters. The lowest BCUT2D eigenvalue weighted by Crippen LogP contribution is -2.26. The van der Waals surface area contributed by atoms with Crippen molar-refractivity contribution in [3.63, 3.8) is 0 Å². The Balaban J connectivity index is 1.85. The maximum Gasteiger partial charge on any atom is 0.237 e. The molecule has 1 aliphatic carbocycles. The van der Waals surface area contributed by atoms with Gasteiger partial charge in [-0.05, 0) is 43.9 Å². The van der Waals surface area contributed by atoms with Gasteiger partial charge in [0.05, 0.1) is 5.25 Å². The zero-order valence-corrected chi connectivity index (χ0v) is 13.1. The third kappa shape index (κ3) is 4.44. The molecule has 0 radical (unpaired) electrons. The van der Waals surface area contributed by atoms with E-state index in [0.717, 1.165) is 11.6 Å². The van der Waals surface area contributed by atoms with E-state index >= 15 is 0 Å². The number of amides is 1. The van der Waals surface area contributed by atoms with Crippen LogP contribution in [0.15, 0.2) is 24.3 Å². The quantitative estimate of drug-likeness (QED) is 0.827. The molecule has 4 heteroatoms. The lowest BCUT2D eigenvalue weighted by Gasteiger charge is -2.28. The number of thioether (sulfide) groups is 1. The Morgan fingerprint density at radius 2 is 2.25 bits per heavy atom. The van der Waals surface area contributed by atoms with Crippen molar-refractivity contribution >= 4 is 29.0 Å². The number of rotatable bonds is 4. The van der Waals surface area contributed by atoms with Gasteiger partial charge in [0.2, 0.25) is 5.91 Å². The molecule has 110 valence electrons. The van der Waals surface area contributed by atoms with Gasteiger partial charge >= 0.3 is 0 Å². The second kappa shape index (κ2) is 7.02. The minimum Gasteiger partial charge on any atom is -0.399 e. The number of hydrogen-bond donors (Lipinski definition) is 2. The van der Waals surface area contributed by atoms with Crippen LogP contribution in [0.5, 0.6) is 0 Å². The second-order valence-electron chi connectivity index (χ2n) is 5.79. The maximum absolute atomic E-state index is 12.2. The Kier molecular flexibility index (Phi) is 5.35. The second-order valence-corrected chi connectivity index (χ2v) is 7.43. The van der Waals surface area contributed by atoms with Gasteiger partial charge in [-0.1, -0.05) is 25.8 Å². The molecule has 0 aromatic heterocycles. The summed E-state index contributed by atoms with van der Waals surface area (Å²) < 4.78 is 0. The van der Waals surface area contributed by atoms with E-state index in [4.69, 9.17) is 5.73 Å². The van der Waals surface area contributed by atoms with Crippen LogP contribution in [-0.2, 0) is 4.79 Å². The number of anilines is 2. The van der Waals surface area contributed by atoms with Crippen molar-refractivity contribution in [2.75, 3.05) is 11.1 Å². The summed E-state index contributed by atoms with van der Waals surface area (Å²) >= 11 is 1.81. The Morgan fingerprint density at radius 1 is 1.45 bits per heavy atom. The van der Waals surface area contributed by atoms with Crippen LogP contribution in [0.25, 0.3) is 0 Å². The fourth-order valence-corrected chi connectivity index (χ4v) is 4.22. The smallest absolute Gasteiger partial charge is 0.237 e. The molecular weight excluding hydrogens is 268 g/mol. The molecule has 1 saturated carbocycles. The highest BCUT2D eigenvalue weighted by Crippen LogP contribution is 2.34. The molecule has 20 heavy (non-hydrogen) atoms. The van der Waals surface area contributed by atoms with Crippen LogP contribution >= 0.6 is 11.8 Å². The Labute approximate surface area is 125 Å². The molecule has 1 aromatic carbocycles. The van der Waals surface area contributed by atoms with Gasteiger partial charge in [-0.15, -0.1) is 11.8 Å². The summed E-state index contributed by atoms with van der Waals surface area (Å²) in [6.45, 7) is 4.30. The molecule has 0 heterocycles. The number of benzene rings is 1. The van der Waals surface area contributed by atoms with Gasteiger partial charge in [0.25, 0.3) is 0 Å². The van der Waals surface area contributed by atoms with E-state index in [1.54, 1.807) is 6.07 Å². The van der Waals surface area contributed by atoms with Crippen molar-refractivity contribution in [1.82, 2.24) is 0 Å². The molecule has 0 aliphatic heterocycles. The summed E-state index contributed by atoms with van der Waals surface area (Å²) in [5.41, 5.74) is 7.17. The van der Waals surface area contributed by atoms with E-state index in [0.29, 0.717) is 10.9 Å². The van der Waals surface area contributed by atoms with Crippen LogP contribution in [-0.4, -0.2) is 16.4 Å². The topological polar surface area (TPSA) is 55.1 Å². The van der Waals surface area contributed by atoms with Crippen molar-refractivity contribution in [2.45, 2.75) is 50.0 Å². The molecular formula is C16H24N2OS. The number of nitrogen functional groups attached to an aromatic ring is 1. The van der Waals surface area contributed by atoms with Crippen molar-refractivity contribution < 1.29 is 4.79 Å². The molecule has 1 aliphatic rings. The summed E-state index contributed by atoms with van der Waals surface area (Å²) in [5, 5.41) is 3.55. The molecule has 2 rings (SSSR count). The first-order valence-electron chi connectivity index (χ1n) is 7.36. The molecule has 3 N–H and O–H groups in total. The van der Waals surface area contributed by atoms with Crippen molar-refractivity contribution in [2.24, 2.45) is 5.92 Å². The normalized spacial score (nSPS) is 24.1. The molecule has 1 amide bonds. The number of carbonyl (C=O) groups is 1. The predicted molar refractivity (Wildman–Crippen MR) is 88.0 cm³/mol. The van der Waals surface area contributed by atoms with Gasteiger partial charge in [-0.3, -0.25) is 4.79 Å². The Bertz CT molecular complexity index is 464. The van der Waals surface area contributed by atoms with Gasteiger partial charge in [0.1, 0.15) is 0 Å². The van der Waals surface area contributed by atoms with Crippen LogP contribution in [0.2, 0.25) is 0 Å². The minimum absolute atomic E-state index is 0.0215. The van der Waals surface area contributed by atoms with E-state index in [2.05, 4.69) is 12.2 Å². The zero-order valence-electron chi connectivity index (χ0n) is 12.3. The highest BCUT2D eigenvalue weighted by molar-refractivity contribution is 8.01. The third-order valence-electron chi connectivity index (χ3n) is 3.81. The number of hydrogen-bond acceptors (Lipinski definition) is 3. The first-order valence-corrected chi connectivity index (χ1v) is 8.30. The fraction of sp³-hybridized carbons (Fsp3) is 0.562. The maximum atomic E-state index is 12.2. The van der Waals surface area contributed by atoms with Gasteiger partial charge in [0.15, 0.2) is 0 Å². The fourth-order valence-electron chi connectivity index (χ4n) is 2.71. The predicted octanol–water partition coefficient (Wildman–Crippen LogP) is 3.91. The molecule has 3 nitrogen and oxygen atoms in total. The van der Waals surface area contributed by atoms with Crippen molar-refractivity contribution in [3.05, 3.63) is 24.3 Å². The highest BCUT2D eigenvalue weighted by Gasteiger charge is 2.24. The van der Waals surface area contributed by atoms with Gasteiger partial charge in [-0.2, -0.15) is 0 Å². The summed E-state index contributed by atoms with van der Waals surface area (Å²) in [4.78, 5) is 12.2. The molecule has 1 aromatic rings. The Hall–Kier alpha value is -1.16. The van der Waals surface area contributed by atoms with Gasteiger partial charge in [-0.25, -0.2) is 0 Å². The van der Waals surface area contributed by atoms with Crippen molar-refractivity contribution in [3.8, 4) is 0 Å². The minimum atomic E-state index is -0.0215.